The van der Waals surface area contributed by atoms with Gasteiger partial charge in [-0.15, -0.1) is 0 Å². The third-order valence-corrected chi connectivity index (χ3v) is 9.40. The standard InChI is InChI=1S/C44H29N3/c1-5-16-31(17-6-1)41-45-42(32-18-7-2-8-19-32)47-43(46-41)36-26-15-20-30-28-29-38-40(39(30)36)35-25-13-14-27-37(35)44(38,33-21-9-3-10-22-33)34-23-11-4-12-24-34/h1-29H. The Kier molecular flexibility index (Phi) is 6.36. The van der Waals surface area contributed by atoms with Crippen LogP contribution < -0.4 is 0 Å². The average Bonchev–Trinajstić information content (AvgIpc) is 3.47. The van der Waals surface area contributed by atoms with Crippen molar-refractivity contribution in [1.82, 2.24) is 15.0 Å². The van der Waals surface area contributed by atoms with Crippen LogP contribution in [-0.2, 0) is 5.41 Å². The molecule has 47 heavy (non-hydrogen) atoms. The monoisotopic (exact) mass is 599 g/mol. The highest BCUT2D eigenvalue weighted by Crippen LogP contribution is 2.58. The molecule has 0 aliphatic heterocycles. The largest absolute Gasteiger partial charge is 0.208 e. The fraction of sp³-hybridized carbons (Fsp3) is 0.0227. The molecule has 0 spiro atoms. The van der Waals surface area contributed by atoms with E-state index in [1.807, 2.05) is 36.4 Å². The zero-order valence-electron chi connectivity index (χ0n) is 25.6. The van der Waals surface area contributed by atoms with Crippen LogP contribution in [0.1, 0.15) is 22.3 Å². The highest BCUT2D eigenvalue weighted by Gasteiger charge is 2.46. The van der Waals surface area contributed by atoms with E-state index in [0.717, 1.165) is 27.5 Å². The second kappa shape index (κ2) is 11.0. The molecule has 9 rings (SSSR count). The number of hydrogen-bond donors (Lipinski definition) is 0. The van der Waals surface area contributed by atoms with Gasteiger partial charge in [0.05, 0.1) is 5.41 Å². The summed E-state index contributed by atoms with van der Waals surface area (Å²) in [5, 5.41) is 2.30. The van der Waals surface area contributed by atoms with E-state index >= 15 is 0 Å². The highest BCUT2D eigenvalue weighted by atomic mass is 15.0. The molecule has 3 heteroatoms. The van der Waals surface area contributed by atoms with Crippen molar-refractivity contribution in [2.24, 2.45) is 0 Å². The Morgan fingerprint density at radius 3 is 1.43 bits per heavy atom. The number of benzene rings is 7. The predicted octanol–water partition coefficient (Wildman–Crippen LogP) is 10.4. The molecule has 0 fully saturated rings. The molecule has 1 heterocycles. The molecule has 0 saturated carbocycles. The Labute approximate surface area is 273 Å². The Balaban J connectivity index is 1.39. The molecule has 0 N–H and O–H groups in total. The van der Waals surface area contributed by atoms with E-state index < -0.39 is 5.41 Å². The number of aromatic nitrogens is 3. The summed E-state index contributed by atoms with van der Waals surface area (Å²) in [5.41, 5.74) is 9.89. The van der Waals surface area contributed by atoms with Crippen molar-refractivity contribution >= 4 is 10.8 Å². The van der Waals surface area contributed by atoms with Crippen LogP contribution in [0.5, 0.6) is 0 Å². The van der Waals surface area contributed by atoms with Gasteiger partial charge < -0.3 is 0 Å². The molecule has 0 atom stereocenters. The van der Waals surface area contributed by atoms with E-state index in [1.54, 1.807) is 0 Å². The van der Waals surface area contributed by atoms with E-state index in [9.17, 15) is 0 Å². The maximum atomic E-state index is 5.16. The first-order valence-corrected chi connectivity index (χ1v) is 16.0. The molecule has 8 aromatic rings. The van der Waals surface area contributed by atoms with Gasteiger partial charge in [0.1, 0.15) is 0 Å². The van der Waals surface area contributed by atoms with E-state index in [1.165, 1.54) is 33.4 Å². The minimum Gasteiger partial charge on any atom is -0.208 e. The van der Waals surface area contributed by atoms with Crippen LogP contribution in [-0.4, -0.2) is 15.0 Å². The van der Waals surface area contributed by atoms with Crippen LogP contribution in [0.2, 0.25) is 0 Å². The maximum absolute atomic E-state index is 5.16. The molecule has 0 unspecified atom stereocenters. The predicted molar refractivity (Wildman–Crippen MR) is 191 cm³/mol. The molecule has 0 radical (unpaired) electrons. The van der Waals surface area contributed by atoms with Crippen LogP contribution in [0, 0.1) is 0 Å². The summed E-state index contributed by atoms with van der Waals surface area (Å²) in [6.07, 6.45) is 0. The van der Waals surface area contributed by atoms with Crippen molar-refractivity contribution in [2.75, 3.05) is 0 Å². The molecule has 220 valence electrons. The first kappa shape index (κ1) is 27.1. The third kappa shape index (κ3) is 4.24. The fourth-order valence-corrected chi connectivity index (χ4v) is 7.43. The molecule has 0 bridgehead atoms. The zero-order valence-corrected chi connectivity index (χ0v) is 25.6. The van der Waals surface area contributed by atoms with Crippen molar-refractivity contribution in [3.8, 4) is 45.3 Å². The topological polar surface area (TPSA) is 38.7 Å². The van der Waals surface area contributed by atoms with Crippen LogP contribution in [0.25, 0.3) is 56.1 Å². The van der Waals surface area contributed by atoms with Gasteiger partial charge in [0.15, 0.2) is 17.5 Å². The van der Waals surface area contributed by atoms with Crippen molar-refractivity contribution < 1.29 is 0 Å². The molecular formula is C44H29N3. The summed E-state index contributed by atoms with van der Waals surface area (Å²) in [6, 6.07) is 62.1. The number of nitrogens with zero attached hydrogens (tertiary/aromatic N) is 3. The van der Waals surface area contributed by atoms with Gasteiger partial charge in [-0.05, 0) is 38.8 Å². The molecule has 0 saturated heterocycles. The SMILES string of the molecule is c1ccc(-c2nc(-c3ccccc3)nc(-c3cccc4ccc5c(c34)-c3ccccc3C5(c3ccccc3)c3ccccc3)n2)cc1. The number of fused-ring (bicyclic) bond motifs is 5. The maximum Gasteiger partial charge on any atom is 0.164 e. The van der Waals surface area contributed by atoms with Gasteiger partial charge in [0.25, 0.3) is 0 Å². The van der Waals surface area contributed by atoms with Crippen molar-refractivity contribution in [3.05, 3.63) is 198 Å². The Morgan fingerprint density at radius 1 is 0.340 bits per heavy atom. The van der Waals surface area contributed by atoms with E-state index in [2.05, 4.69) is 140 Å². The van der Waals surface area contributed by atoms with Gasteiger partial charge >= 0.3 is 0 Å². The summed E-state index contributed by atoms with van der Waals surface area (Å²) < 4.78 is 0. The van der Waals surface area contributed by atoms with Crippen LogP contribution in [0.15, 0.2) is 176 Å². The Bertz CT molecular complexity index is 2290. The quantitative estimate of drug-likeness (QED) is 0.198. The molecule has 3 nitrogen and oxygen atoms in total. The fourth-order valence-electron chi connectivity index (χ4n) is 7.43. The van der Waals surface area contributed by atoms with Gasteiger partial charge in [0, 0.05) is 22.1 Å². The van der Waals surface area contributed by atoms with E-state index in [4.69, 9.17) is 15.0 Å². The third-order valence-electron chi connectivity index (χ3n) is 9.40. The number of hydrogen-bond acceptors (Lipinski definition) is 3. The second-order valence-corrected chi connectivity index (χ2v) is 12.0. The summed E-state index contributed by atoms with van der Waals surface area (Å²) in [4.78, 5) is 15.3. The smallest absolute Gasteiger partial charge is 0.164 e. The first-order valence-electron chi connectivity index (χ1n) is 16.0. The van der Waals surface area contributed by atoms with Crippen molar-refractivity contribution in [3.63, 3.8) is 0 Å². The van der Waals surface area contributed by atoms with Crippen LogP contribution in [0.3, 0.4) is 0 Å². The summed E-state index contributed by atoms with van der Waals surface area (Å²) >= 11 is 0. The molecule has 1 aliphatic rings. The lowest BCUT2D eigenvalue weighted by atomic mass is 9.67. The zero-order chi connectivity index (χ0) is 31.2. The minimum atomic E-state index is -0.487. The molecular weight excluding hydrogens is 571 g/mol. The van der Waals surface area contributed by atoms with E-state index in [-0.39, 0.29) is 0 Å². The molecule has 7 aromatic carbocycles. The lowest BCUT2D eigenvalue weighted by Gasteiger charge is -2.34. The second-order valence-electron chi connectivity index (χ2n) is 12.0. The Morgan fingerprint density at radius 2 is 0.830 bits per heavy atom. The average molecular weight is 600 g/mol. The van der Waals surface area contributed by atoms with Gasteiger partial charge in [0.2, 0.25) is 0 Å². The van der Waals surface area contributed by atoms with Gasteiger partial charge in [-0.1, -0.05) is 176 Å². The lowest BCUT2D eigenvalue weighted by molar-refractivity contribution is 0.769. The molecule has 1 aromatic heterocycles. The molecule has 0 amide bonds. The highest BCUT2D eigenvalue weighted by molar-refractivity contribution is 6.10. The van der Waals surface area contributed by atoms with Crippen LogP contribution >= 0.6 is 0 Å². The van der Waals surface area contributed by atoms with E-state index in [0.29, 0.717) is 17.5 Å². The van der Waals surface area contributed by atoms with Crippen LogP contribution in [0.4, 0.5) is 0 Å². The molecule has 1 aliphatic carbocycles. The summed E-state index contributed by atoms with van der Waals surface area (Å²) in [6.45, 7) is 0. The normalized spacial score (nSPS) is 12.9. The summed E-state index contributed by atoms with van der Waals surface area (Å²) in [7, 11) is 0. The number of rotatable bonds is 5. The lowest BCUT2D eigenvalue weighted by Crippen LogP contribution is -2.28. The van der Waals surface area contributed by atoms with Gasteiger partial charge in [-0.25, -0.2) is 15.0 Å². The van der Waals surface area contributed by atoms with Crippen molar-refractivity contribution in [1.29, 1.82) is 0 Å². The Hall–Kier alpha value is -6.19. The van der Waals surface area contributed by atoms with Gasteiger partial charge in [-0.3, -0.25) is 0 Å². The van der Waals surface area contributed by atoms with Crippen molar-refractivity contribution in [2.45, 2.75) is 5.41 Å². The van der Waals surface area contributed by atoms with Gasteiger partial charge in [-0.2, -0.15) is 0 Å². The first-order chi connectivity index (χ1) is 23.3. The minimum absolute atomic E-state index is 0.487. The summed E-state index contributed by atoms with van der Waals surface area (Å²) in [5.74, 6) is 1.97.